The number of hydrogen-bond acceptors (Lipinski definition) is 14. The van der Waals surface area contributed by atoms with Gasteiger partial charge < -0.3 is 43.5 Å². The van der Waals surface area contributed by atoms with Gasteiger partial charge in [0.05, 0.1) is 35.1 Å². The Kier molecular flexibility index (Phi) is 13.5. The van der Waals surface area contributed by atoms with E-state index in [0.29, 0.717) is 17.8 Å². The van der Waals surface area contributed by atoms with Crippen LogP contribution in [0.4, 0.5) is 4.79 Å². The quantitative estimate of drug-likeness (QED) is 0.182. The maximum atomic E-state index is 14.5. The number of nitrogens with zero attached hydrogens (tertiary/aromatic N) is 3. The van der Waals surface area contributed by atoms with Crippen LogP contribution in [-0.4, -0.2) is 118 Å². The number of benzene rings is 1. The molecule has 3 saturated heterocycles. The normalized spacial score (nSPS) is 35.5. The first-order valence-corrected chi connectivity index (χ1v) is 20.7. The van der Waals surface area contributed by atoms with Crippen LogP contribution in [0.25, 0.3) is 22.3 Å². The molecule has 0 aliphatic carbocycles. The highest BCUT2D eigenvalue weighted by Crippen LogP contribution is 2.40. The third-order valence-electron chi connectivity index (χ3n) is 12.5. The number of aliphatic hydroxyl groups is 1. The van der Waals surface area contributed by atoms with Crippen molar-refractivity contribution in [3.63, 3.8) is 0 Å². The Labute approximate surface area is 351 Å². The van der Waals surface area contributed by atoms with Crippen LogP contribution >= 0.6 is 0 Å². The second-order valence-electron chi connectivity index (χ2n) is 17.2. The molecule has 5 heterocycles. The van der Waals surface area contributed by atoms with Crippen molar-refractivity contribution < 1.29 is 52.5 Å². The molecule has 1 amide bonds. The summed E-state index contributed by atoms with van der Waals surface area (Å²) < 4.78 is 36.8. The third-order valence-corrected chi connectivity index (χ3v) is 12.5. The fourth-order valence-electron chi connectivity index (χ4n) is 9.11. The van der Waals surface area contributed by atoms with Gasteiger partial charge in [-0.3, -0.25) is 14.4 Å². The number of likely N-dealkylation sites (N-methyl/N-ethyl adjacent to an activating group) is 1. The summed E-state index contributed by atoms with van der Waals surface area (Å²) in [6.07, 6.45) is -4.73. The van der Waals surface area contributed by atoms with E-state index in [-0.39, 0.29) is 43.1 Å². The summed E-state index contributed by atoms with van der Waals surface area (Å²) in [7, 11) is 3.71. The summed E-state index contributed by atoms with van der Waals surface area (Å²) in [6.45, 7) is 13.4. The average molecular weight is 831 g/mol. The molecule has 13 atom stereocenters. The fourth-order valence-corrected chi connectivity index (χ4v) is 9.11. The van der Waals surface area contributed by atoms with Crippen LogP contribution in [0.3, 0.4) is 0 Å². The van der Waals surface area contributed by atoms with E-state index in [2.05, 4.69) is 27.3 Å². The van der Waals surface area contributed by atoms with Gasteiger partial charge >= 0.3 is 12.1 Å². The zero-order chi connectivity index (χ0) is 43.7. The summed E-state index contributed by atoms with van der Waals surface area (Å²) in [5.41, 5.74) is -0.942. The molecule has 0 saturated carbocycles. The third kappa shape index (κ3) is 9.13. The standard InChI is InChI=1S/C45H58N4O11/c1-11-35-45(8)39(47-43(54)59-45)26(4)36(50)24(2)23-44(7,55-20-14-16-30-22-33(48-60-30)32-19-18-29-15-12-13-17-31(29)46-32)40(27(5)37(51)28(6)41(53)57-35)58-42-38(52)34(49(9)10)21-25(3)56-42/h12-13,15,17-19,22,24-28,34-35,38-40,42,52H,11,20-21,23H2,1-10H3,(H,47,54)/t24-,25-,26+,27+,28-,34+,35-,38-,39-,40-,42+,44+,45-/m1/s1. The Bertz CT molecular complexity index is 2130. The highest BCUT2D eigenvalue weighted by Gasteiger charge is 2.57. The van der Waals surface area contributed by atoms with Crippen molar-refractivity contribution in [3.8, 4) is 23.2 Å². The molecule has 60 heavy (non-hydrogen) atoms. The van der Waals surface area contributed by atoms with Crippen LogP contribution in [0.5, 0.6) is 0 Å². The van der Waals surface area contributed by atoms with Crippen LogP contribution in [0, 0.1) is 35.5 Å². The first-order valence-electron chi connectivity index (χ1n) is 20.7. The number of aliphatic hydroxyl groups excluding tert-OH is 1. The van der Waals surface area contributed by atoms with Crippen molar-refractivity contribution in [1.82, 2.24) is 20.4 Å². The van der Waals surface area contributed by atoms with Gasteiger partial charge in [-0.2, -0.15) is 0 Å². The molecule has 3 aromatic rings. The summed E-state index contributed by atoms with van der Waals surface area (Å²) in [5, 5.41) is 19.5. The minimum Gasteiger partial charge on any atom is -0.458 e. The van der Waals surface area contributed by atoms with E-state index < -0.39 is 83.4 Å². The van der Waals surface area contributed by atoms with Crippen molar-refractivity contribution in [2.24, 2.45) is 23.7 Å². The molecule has 0 bridgehead atoms. The van der Waals surface area contributed by atoms with E-state index in [9.17, 15) is 24.3 Å². The van der Waals surface area contributed by atoms with Gasteiger partial charge in [0.2, 0.25) is 5.76 Å². The Morgan fingerprint density at radius 1 is 0.983 bits per heavy atom. The molecule has 3 aliphatic rings. The van der Waals surface area contributed by atoms with E-state index >= 15 is 0 Å². The maximum absolute atomic E-state index is 14.5. The Morgan fingerprint density at radius 2 is 1.72 bits per heavy atom. The molecule has 0 spiro atoms. The maximum Gasteiger partial charge on any atom is 0.408 e. The van der Waals surface area contributed by atoms with Crippen molar-refractivity contribution in [2.45, 2.75) is 129 Å². The molecule has 2 aromatic heterocycles. The number of esters is 1. The highest BCUT2D eigenvalue weighted by atomic mass is 16.7. The smallest absolute Gasteiger partial charge is 0.408 e. The minimum absolute atomic E-state index is 0.0178. The zero-order valence-corrected chi connectivity index (χ0v) is 36.1. The fraction of sp³-hybridized carbons (Fsp3) is 0.600. The first-order chi connectivity index (χ1) is 28.4. The number of fused-ring (bicyclic) bond motifs is 2. The van der Waals surface area contributed by atoms with Gasteiger partial charge in [-0.05, 0) is 79.1 Å². The number of ketones is 2. The Hall–Kier alpha value is -4.72. The number of hydrogen-bond donors (Lipinski definition) is 2. The SMILES string of the molecule is CC[C@H]1OC(=O)[C@H](C)C(=O)[C@H](C)[C@@H](O[C@@H]2O[C@H](C)C[C@H](N(C)C)[C@H]2O)[C@@](C)(OCC#Cc2cc(-c3ccc4ccccc4n3)no2)C[C@@H](C)C(=O)[C@H](C)[C@H]2NC(=O)O[C@@]21C. The molecular formula is C45H58N4O11. The largest absolute Gasteiger partial charge is 0.458 e. The molecule has 15 nitrogen and oxygen atoms in total. The van der Waals surface area contributed by atoms with Gasteiger partial charge in [-0.1, -0.05) is 63.0 Å². The van der Waals surface area contributed by atoms with Crippen molar-refractivity contribution in [3.05, 3.63) is 48.2 Å². The molecule has 6 rings (SSSR count). The zero-order valence-electron chi connectivity index (χ0n) is 36.1. The molecule has 3 fully saturated rings. The number of ether oxygens (including phenoxy) is 5. The Balaban J connectivity index is 1.36. The first kappa shape index (κ1) is 44.8. The van der Waals surface area contributed by atoms with E-state index in [1.807, 2.05) is 62.3 Å². The molecule has 1 aromatic carbocycles. The summed E-state index contributed by atoms with van der Waals surface area (Å²) in [5.74, 6) is 0.770. The number of pyridine rings is 1. The lowest BCUT2D eigenvalue weighted by Crippen LogP contribution is -2.60. The highest BCUT2D eigenvalue weighted by molar-refractivity contribution is 6.00. The number of carbonyl (C=O) groups excluding carboxylic acids is 4. The summed E-state index contributed by atoms with van der Waals surface area (Å²) in [6, 6.07) is 12.0. The van der Waals surface area contributed by atoms with E-state index in [4.69, 9.17) is 28.2 Å². The topological polar surface area (TPSA) is 189 Å². The molecular weight excluding hydrogens is 773 g/mol. The van der Waals surface area contributed by atoms with Gasteiger partial charge in [-0.15, -0.1) is 0 Å². The average Bonchev–Trinajstić information content (AvgIpc) is 3.82. The number of alkyl carbamates (subject to hydrolysis) is 1. The van der Waals surface area contributed by atoms with Gasteiger partial charge in [0.25, 0.3) is 0 Å². The number of aromatic nitrogens is 2. The summed E-state index contributed by atoms with van der Waals surface area (Å²) >= 11 is 0. The second kappa shape index (κ2) is 18.1. The van der Waals surface area contributed by atoms with E-state index in [0.717, 1.165) is 10.9 Å². The van der Waals surface area contributed by atoms with Crippen molar-refractivity contribution in [2.75, 3.05) is 20.7 Å². The molecule has 324 valence electrons. The van der Waals surface area contributed by atoms with E-state index in [1.54, 1.807) is 47.6 Å². The van der Waals surface area contributed by atoms with Crippen LogP contribution in [-0.2, 0) is 38.1 Å². The molecule has 2 N–H and O–H groups in total. The number of nitrogens with one attached hydrogen (secondary N) is 1. The predicted molar refractivity (Wildman–Crippen MR) is 219 cm³/mol. The molecule has 0 radical (unpaired) electrons. The van der Waals surface area contributed by atoms with Gasteiger partial charge in [0.1, 0.15) is 36.2 Å². The monoisotopic (exact) mass is 830 g/mol. The lowest BCUT2D eigenvalue weighted by atomic mass is 9.73. The van der Waals surface area contributed by atoms with Crippen LogP contribution in [0.15, 0.2) is 47.0 Å². The number of carbonyl (C=O) groups is 4. The number of rotatable bonds is 7. The summed E-state index contributed by atoms with van der Waals surface area (Å²) in [4.78, 5) is 62.1. The van der Waals surface area contributed by atoms with Crippen molar-refractivity contribution in [1.29, 1.82) is 0 Å². The Morgan fingerprint density at radius 3 is 2.43 bits per heavy atom. The van der Waals surface area contributed by atoms with Gasteiger partial charge in [0.15, 0.2) is 17.7 Å². The van der Waals surface area contributed by atoms with Crippen LogP contribution in [0.2, 0.25) is 0 Å². The molecule has 0 unspecified atom stereocenters. The van der Waals surface area contributed by atoms with Crippen LogP contribution < -0.4 is 5.32 Å². The lowest BCUT2D eigenvalue weighted by molar-refractivity contribution is -0.296. The van der Waals surface area contributed by atoms with Crippen LogP contribution in [0.1, 0.15) is 80.4 Å². The lowest BCUT2D eigenvalue weighted by Gasteiger charge is -2.47. The van der Waals surface area contributed by atoms with Gasteiger partial charge in [0, 0.05) is 35.2 Å². The number of para-hydroxylation sites is 1. The molecule has 3 aliphatic heterocycles. The predicted octanol–water partition coefficient (Wildman–Crippen LogP) is 5.10. The number of cyclic esters (lactones) is 1. The van der Waals surface area contributed by atoms with E-state index in [1.165, 1.54) is 6.92 Å². The second-order valence-corrected chi connectivity index (χ2v) is 17.2. The van der Waals surface area contributed by atoms with Gasteiger partial charge in [-0.25, -0.2) is 9.78 Å². The molecule has 15 heteroatoms. The number of Topliss-reactive ketones (excluding diaryl/α,β-unsaturated/α-hetero) is 2. The van der Waals surface area contributed by atoms with Crippen molar-refractivity contribution >= 4 is 34.5 Å². The minimum atomic E-state index is -1.46. The number of amides is 1.